The van der Waals surface area contributed by atoms with Crippen LogP contribution in [0.5, 0.6) is 0 Å². The Bertz CT molecular complexity index is 889. The number of benzene rings is 1. The van der Waals surface area contributed by atoms with E-state index in [0.717, 1.165) is 5.01 Å². The maximum absolute atomic E-state index is 12.8. The zero-order chi connectivity index (χ0) is 17.4. The molecule has 128 valence electrons. The van der Waals surface area contributed by atoms with E-state index in [1.54, 1.807) is 6.92 Å². The summed E-state index contributed by atoms with van der Waals surface area (Å²) in [6.45, 7) is 4.88. The van der Waals surface area contributed by atoms with Gasteiger partial charge in [-0.05, 0) is 19.4 Å². The van der Waals surface area contributed by atoms with Gasteiger partial charge in [0.15, 0.2) is 5.82 Å². The molecule has 0 unspecified atom stereocenters. The molecule has 1 aromatic carbocycles. The predicted octanol–water partition coefficient (Wildman–Crippen LogP) is 3.17. The number of aromatic nitrogens is 3. The van der Waals surface area contributed by atoms with Crippen LogP contribution in [0.15, 0.2) is 40.2 Å². The molecule has 2 aromatic heterocycles. The first kappa shape index (κ1) is 16.0. The molecule has 3 aromatic rings. The summed E-state index contributed by atoms with van der Waals surface area (Å²) in [5.74, 6) is 1.29. The van der Waals surface area contributed by atoms with Crippen molar-refractivity contribution in [2.45, 2.75) is 25.7 Å². The van der Waals surface area contributed by atoms with Crippen molar-refractivity contribution in [2.24, 2.45) is 0 Å². The van der Waals surface area contributed by atoms with Crippen LogP contribution in [0, 0.1) is 13.8 Å². The Morgan fingerprint density at radius 1 is 1.16 bits per heavy atom. The minimum absolute atomic E-state index is 0.00715. The number of nitrogens with zero attached hydrogens (tertiary/aromatic N) is 4. The van der Waals surface area contributed by atoms with Crippen LogP contribution in [0.2, 0.25) is 0 Å². The molecular weight excluding hydrogens is 336 g/mol. The van der Waals surface area contributed by atoms with Crippen LogP contribution >= 0.6 is 11.3 Å². The van der Waals surface area contributed by atoms with Gasteiger partial charge in [0.1, 0.15) is 5.69 Å². The number of hydrogen-bond donors (Lipinski definition) is 0. The standard InChI is InChI=1S/C18H18N4O2S/c1-11-19-17(24-21-11)15-9-22(18(23)16-10-25-12(2)20-16)8-14(15)13-6-4-3-5-7-13/h3-7,10,14-15H,8-9H2,1-2H3/t14-,15+/m1/s1. The largest absolute Gasteiger partial charge is 0.339 e. The van der Waals surface area contributed by atoms with E-state index in [1.807, 2.05) is 35.4 Å². The summed E-state index contributed by atoms with van der Waals surface area (Å²) >= 11 is 1.49. The lowest BCUT2D eigenvalue weighted by Crippen LogP contribution is -2.29. The van der Waals surface area contributed by atoms with E-state index in [1.165, 1.54) is 16.9 Å². The molecule has 4 rings (SSSR count). The zero-order valence-corrected chi connectivity index (χ0v) is 14.9. The average molecular weight is 354 g/mol. The van der Waals surface area contributed by atoms with Gasteiger partial charge in [-0.2, -0.15) is 4.98 Å². The Hall–Kier alpha value is -2.54. The number of likely N-dealkylation sites (tertiary alicyclic amines) is 1. The Kier molecular flexibility index (Phi) is 4.09. The van der Waals surface area contributed by atoms with Gasteiger partial charge in [-0.15, -0.1) is 11.3 Å². The Balaban J connectivity index is 1.65. The van der Waals surface area contributed by atoms with Crippen molar-refractivity contribution in [3.05, 3.63) is 63.7 Å². The second-order valence-corrected chi connectivity index (χ2v) is 7.33. The molecule has 0 bridgehead atoms. The molecule has 3 heterocycles. The highest BCUT2D eigenvalue weighted by Crippen LogP contribution is 2.39. The smallest absolute Gasteiger partial charge is 0.273 e. The fourth-order valence-corrected chi connectivity index (χ4v) is 3.93. The molecule has 6 nitrogen and oxygen atoms in total. The van der Waals surface area contributed by atoms with Crippen molar-refractivity contribution >= 4 is 17.2 Å². The van der Waals surface area contributed by atoms with E-state index >= 15 is 0 Å². The highest BCUT2D eigenvalue weighted by molar-refractivity contribution is 7.09. The van der Waals surface area contributed by atoms with Crippen molar-refractivity contribution in [1.82, 2.24) is 20.0 Å². The number of rotatable bonds is 3. The third-order valence-corrected chi connectivity index (χ3v) is 5.31. The molecule has 1 saturated heterocycles. The Morgan fingerprint density at radius 3 is 2.56 bits per heavy atom. The SMILES string of the molecule is Cc1noc([C@H]2CN(C(=O)c3csc(C)n3)C[C@@H]2c2ccccc2)n1. The maximum atomic E-state index is 12.8. The lowest BCUT2D eigenvalue weighted by Gasteiger charge is -2.15. The highest BCUT2D eigenvalue weighted by atomic mass is 32.1. The molecule has 0 spiro atoms. The summed E-state index contributed by atoms with van der Waals surface area (Å²) in [6.07, 6.45) is 0. The lowest BCUT2D eigenvalue weighted by atomic mass is 9.89. The van der Waals surface area contributed by atoms with Gasteiger partial charge in [0, 0.05) is 24.4 Å². The molecule has 0 radical (unpaired) electrons. The Morgan fingerprint density at radius 2 is 1.92 bits per heavy atom. The van der Waals surface area contributed by atoms with E-state index < -0.39 is 0 Å². The maximum Gasteiger partial charge on any atom is 0.273 e. The molecule has 1 amide bonds. The first-order valence-corrected chi connectivity index (χ1v) is 9.06. The molecule has 0 aliphatic carbocycles. The summed E-state index contributed by atoms with van der Waals surface area (Å²) < 4.78 is 5.43. The summed E-state index contributed by atoms with van der Waals surface area (Å²) in [5, 5.41) is 6.63. The number of aryl methyl sites for hydroxylation is 2. The minimum atomic E-state index is -0.0379. The summed E-state index contributed by atoms with van der Waals surface area (Å²) in [5.41, 5.74) is 1.68. The molecule has 1 aliphatic rings. The predicted molar refractivity (Wildman–Crippen MR) is 93.7 cm³/mol. The summed E-state index contributed by atoms with van der Waals surface area (Å²) in [4.78, 5) is 23.4. The van der Waals surface area contributed by atoms with E-state index in [2.05, 4.69) is 27.3 Å². The second-order valence-electron chi connectivity index (χ2n) is 6.27. The summed E-state index contributed by atoms with van der Waals surface area (Å²) in [6, 6.07) is 10.2. The van der Waals surface area contributed by atoms with Crippen LogP contribution in [-0.4, -0.2) is 39.0 Å². The van der Waals surface area contributed by atoms with Gasteiger partial charge < -0.3 is 9.42 Å². The van der Waals surface area contributed by atoms with Gasteiger partial charge in [-0.3, -0.25) is 4.79 Å². The van der Waals surface area contributed by atoms with Crippen molar-refractivity contribution in [2.75, 3.05) is 13.1 Å². The molecule has 0 saturated carbocycles. The number of thiazole rings is 1. The average Bonchev–Trinajstić information content (AvgIpc) is 3.34. The molecular formula is C18H18N4O2S. The molecule has 1 aliphatic heterocycles. The fraction of sp³-hybridized carbons (Fsp3) is 0.333. The minimum Gasteiger partial charge on any atom is -0.339 e. The van der Waals surface area contributed by atoms with Gasteiger partial charge in [-0.25, -0.2) is 4.98 Å². The first-order valence-electron chi connectivity index (χ1n) is 8.18. The number of hydrogen-bond acceptors (Lipinski definition) is 6. The molecule has 7 heteroatoms. The van der Waals surface area contributed by atoms with Gasteiger partial charge in [-0.1, -0.05) is 35.5 Å². The number of carbonyl (C=O) groups is 1. The van der Waals surface area contributed by atoms with Crippen molar-refractivity contribution < 1.29 is 9.32 Å². The van der Waals surface area contributed by atoms with Crippen molar-refractivity contribution in [3.63, 3.8) is 0 Å². The fourth-order valence-electron chi connectivity index (χ4n) is 3.35. The number of amides is 1. The van der Waals surface area contributed by atoms with E-state index in [0.29, 0.717) is 30.5 Å². The van der Waals surface area contributed by atoms with Crippen LogP contribution in [-0.2, 0) is 0 Å². The van der Waals surface area contributed by atoms with Crippen LogP contribution in [0.1, 0.15) is 44.6 Å². The molecule has 2 atom stereocenters. The topological polar surface area (TPSA) is 72.1 Å². The first-order chi connectivity index (χ1) is 12.1. The van der Waals surface area contributed by atoms with E-state index in [4.69, 9.17) is 4.52 Å². The van der Waals surface area contributed by atoms with Crippen LogP contribution in [0.4, 0.5) is 0 Å². The molecule has 25 heavy (non-hydrogen) atoms. The van der Waals surface area contributed by atoms with Crippen molar-refractivity contribution in [3.8, 4) is 0 Å². The number of carbonyl (C=O) groups excluding carboxylic acids is 1. The monoisotopic (exact) mass is 354 g/mol. The van der Waals surface area contributed by atoms with Gasteiger partial charge >= 0.3 is 0 Å². The van der Waals surface area contributed by atoms with Crippen LogP contribution in [0.25, 0.3) is 0 Å². The third kappa shape index (κ3) is 3.07. The molecule has 0 N–H and O–H groups in total. The van der Waals surface area contributed by atoms with Crippen LogP contribution < -0.4 is 0 Å². The third-order valence-electron chi connectivity index (χ3n) is 4.53. The van der Waals surface area contributed by atoms with Crippen LogP contribution in [0.3, 0.4) is 0 Å². The van der Waals surface area contributed by atoms with Gasteiger partial charge in [0.25, 0.3) is 5.91 Å². The zero-order valence-electron chi connectivity index (χ0n) is 14.0. The van der Waals surface area contributed by atoms with Gasteiger partial charge in [0.05, 0.1) is 10.9 Å². The quantitative estimate of drug-likeness (QED) is 0.722. The lowest BCUT2D eigenvalue weighted by molar-refractivity contribution is 0.0783. The van der Waals surface area contributed by atoms with E-state index in [9.17, 15) is 4.79 Å². The van der Waals surface area contributed by atoms with E-state index in [-0.39, 0.29) is 17.7 Å². The normalized spacial score (nSPS) is 20.2. The summed E-state index contributed by atoms with van der Waals surface area (Å²) in [7, 11) is 0. The molecule has 1 fully saturated rings. The van der Waals surface area contributed by atoms with Gasteiger partial charge in [0.2, 0.25) is 5.89 Å². The second kappa shape index (κ2) is 6.40. The van der Waals surface area contributed by atoms with Crippen molar-refractivity contribution in [1.29, 1.82) is 0 Å². The highest BCUT2D eigenvalue weighted by Gasteiger charge is 2.40. The Labute approximate surface area is 149 Å².